The number of aromatic amines is 1. The average Bonchev–Trinajstić information content (AvgIpc) is 3.62. The van der Waals surface area contributed by atoms with Crippen molar-refractivity contribution in [3.8, 4) is 22.4 Å². The van der Waals surface area contributed by atoms with Gasteiger partial charge in [0, 0.05) is 43.6 Å². The molecule has 5 aromatic rings. The molecule has 2 N–H and O–H groups in total. The van der Waals surface area contributed by atoms with Crippen molar-refractivity contribution >= 4 is 27.1 Å². The second-order valence-corrected chi connectivity index (χ2v) is 10.8. The van der Waals surface area contributed by atoms with Gasteiger partial charge in [0.1, 0.15) is 12.0 Å². The molecule has 0 saturated heterocycles. The Hall–Kier alpha value is -4.28. The lowest BCUT2D eigenvalue weighted by molar-refractivity contribution is 0.0945. The number of imidazole rings is 1. The molecule has 1 aliphatic rings. The SMILES string of the molecule is CN(C)S(=O)(=O)n1cnc(-c2cccc3c2-c2ccccc2C3NC(=O)c2ccnc3[nH]ccc23)c1. The van der Waals surface area contributed by atoms with Crippen LogP contribution in [0.25, 0.3) is 33.4 Å². The van der Waals surface area contributed by atoms with Gasteiger partial charge in [-0.05, 0) is 34.4 Å². The maximum atomic E-state index is 13.4. The molecule has 180 valence electrons. The summed E-state index contributed by atoms with van der Waals surface area (Å²) in [6.45, 7) is 0. The molecule has 36 heavy (non-hydrogen) atoms. The maximum Gasteiger partial charge on any atom is 0.308 e. The molecule has 0 fully saturated rings. The van der Waals surface area contributed by atoms with Gasteiger partial charge in [0.05, 0.1) is 17.3 Å². The highest BCUT2D eigenvalue weighted by atomic mass is 32.2. The van der Waals surface area contributed by atoms with Crippen LogP contribution in [-0.4, -0.2) is 51.6 Å². The first kappa shape index (κ1) is 22.2. The standard InChI is InChI=1S/C26H22N6O3S/c1-31(2)36(34,35)32-14-22(29-15-32)20-8-5-9-21-23(20)16-6-3-4-7-17(16)24(21)30-26(33)19-11-13-28-25-18(19)10-12-27-25/h3-15,24H,1-2H3,(H,27,28)(H,30,33). The Labute approximate surface area is 207 Å². The Morgan fingerprint density at radius 1 is 1.00 bits per heavy atom. The zero-order valence-corrected chi connectivity index (χ0v) is 20.3. The van der Waals surface area contributed by atoms with Gasteiger partial charge in [-0.2, -0.15) is 12.7 Å². The third-order valence-electron chi connectivity index (χ3n) is 6.49. The van der Waals surface area contributed by atoms with Crippen molar-refractivity contribution in [1.82, 2.24) is 28.5 Å². The van der Waals surface area contributed by atoms with E-state index in [0.717, 1.165) is 41.5 Å². The minimum atomic E-state index is -3.69. The number of aromatic nitrogens is 4. The predicted molar refractivity (Wildman–Crippen MR) is 137 cm³/mol. The Kier molecular flexibility index (Phi) is 5.02. The smallest absolute Gasteiger partial charge is 0.308 e. The Morgan fingerprint density at radius 3 is 2.61 bits per heavy atom. The molecule has 3 heterocycles. The molecule has 0 saturated carbocycles. The minimum Gasteiger partial charge on any atom is -0.346 e. The van der Waals surface area contributed by atoms with Gasteiger partial charge in [0.15, 0.2) is 0 Å². The molecule has 0 aliphatic heterocycles. The molecule has 2 aromatic carbocycles. The molecule has 6 rings (SSSR count). The molecule has 1 aliphatic carbocycles. The number of hydrogen-bond donors (Lipinski definition) is 2. The van der Waals surface area contributed by atoms with Gasteiger partial charge < -0.3 is 10.3 Å². The lowest BCUT2D eigenvalue weighted by Crippen LogP contribution is -2.28. The first-order valence-electron chi connectivity index (χ1n) is 11.3. The van der Waals surface area contributed by atoms with Crippen molar-refractivity contribution in [3.63, 3.8) is 0 Å². The van der Waals surface area contributed by atoms with Crippen LogP contribution in [0, 0.1) is 0 Å². The number of rotatable bonds is 5. The summed E-state index contributed by atoms with van der Waals surface area (Å²) < 4.78 is 27.4. The number of nitrogens with one attached hydrogen (secondary N) is 2. The van der Waals surface area contributed by atoms with Crippen molar-refractivity contribution < 1.29 is 13.2 Å². The third kappa shape index (κ3) is 3.34. The quantitative estimate of drug-likeness (QED) is 0.385. The molecule has 9 nitrogen and oxygen atoms in total. The summed E-state index contributed by atoms with van der Waals surface area (Å²) in [7, 11) is -0.736. The minimum absolute atomic E-state index is 0.207. The van der Waals surface area contributed by atoms with E-state index in [-0.39, 0.29) is 11.9 Å². The van der Waals surface area contributed by atoms with Gasteiger partial charge in [-0.15, -0.1) is 0 Å². The molecule has 3 aromatic heterocycles. The van der Waals surface area contributed by atoms with Gasteiger partial charge in [-0.1, -0.05) is 42.5 Å². The van der Waals surface area contributed by atoms with Crippen LogP contribution in [0.4, 0.5) is 0 Å². The van der Waals surface area contributed by atoms with Gasteiger partial charge >= 0.3 is 10.2 Å². The second kappa shape index (κ2) is 8.14. The van der Waals surface area contributed by atoms with Crippen LogP contribution >= 0.6 is 0 Å². The van der Waals surface area contributed by atoms with Crippen LogP contribution in [0.1, 0.15) is 27.5 Å². The third-order valence-corrected chi connectivity index (χ3v) is 8.15. The maximum absolute atomic E-state index is 13.4. The summed E-state index contributed by atoms with van der Waals surface area (Å²) in [4.78, 5) is 25.1. The van der Waals surface area contributed by atoms with Gasteiger partial charge in [0.25, 0.3) is 5.91 Å². The highest BCUT2D eigenvalue weighted by Gasteiger charge is 2.33. The van der Waals surface area contributed by atoms with Gasteiger partial charge in [0.2, 0.25) is 0 Å². The lowest BCUT2D eigenvalue weighted by atomic mass is 9.97. The number of carbonyl (C=O) groups is 1. The second-order valence-electron chi connectivity index (χ2n) is 8.74. The largest absolute Gasteiger partial charge is 0.346 e. The Bertz CT molecular complexity index is 1750. The summed E-state index contributed by atoms with van der Waals surface area (Å²) in [5, 5.41) is 3.96. The van der Waals surface area contributed by atoms with Crippen molar-refractivity contribution in [2.75, 3.05) is 14.1 Å². The summed E-state index contributed by atoms with van der Waals surface area (Å²) in [6.07, 6.45) is 6.19. The molecule has 0 spiro atoms. The topological polar surface area (TPSA) is 113 Å². The first-order chi connectivity index (χ1) is 17.4. The highest BCUT2D eigenvalue weighted by Crippen LogP contribution is 2.47. The first-order valence-corrected chi connectivity index (χ1v) is 12.7. The van der Waals surface area contributed by atoms with Crippen LogP contribution in [0.15, 0.2) is 79.5 Å². The van der Waals surface area contributed by atoms with E-state index in [9.17, 15) is 13.2 Å². The van der Waals surface area contributed by atoms with E-state index in [1.807, 2.05) is 48.5 Å². The van der Waals surface area contributed by atoms with Crippen LogP contribution in [0.3, 0.4) is 0 Å². The number of carbonyl (C=O) groups excluding carboxylic acids is 1. The van der Waals surface area contributed by atoms with E-state index in [1.54, 1.807) is 18.5 Å². The van der Waals surface area contributed by atoms with E-state index in [1.165, 1.54) is 26.6 Å². The van der Waals surface area contributed by atoms with E-state index in [2.05, 4.69) is 20.3 Å². The summed E-state index contributed by atoms with van der Waals surface area (Å²) in [5.74, 6) is -0.207. The highest BCUT2D eigenvalue weighted by molar-refractivity contribution is 7.87. The number of amides is 1. The summed E-state index contributed by atoms with van der Waals surface area (Å²) >= 11 is 0. The fourth-order valence-corrected chi connectivity index (χ4v) is 5.53. The number of benzene rings is 2. The number of nitrogens with zero attached hydrogens (tertiary/aromatic N) is 4. The Morgan fingerprint density at radius 2 is 1.78 bits per heavy atom. The molecule has 10 heteroatoms. The fraction of sp³-hybridized carbons (Fsp3) is 0.115. The van der Waals surface area contributed by atoms with Crippen LogP contribution in [0.5, 0.6) is 0 Å². The van der Waals surface area contributed by atoms with Crippen molar-refractivity contribution in [2.24, 2.45) is 0 Å². The molecular formula is C26H22N6O3S. The zero-order chi connectivity index (χ0) is 25.0. The van der Waals surface area contributed by atoms with Gasteiger partial charge in [-0.3, -0.25) is 4.79 Å². The summed E-state index contributed by atoms with van der Waals surface area (Å²) in [5.41, 5.74) is 6.30. The Balaban J connectivity index is 1.45. The predicted octanol–water partition coefficient (Wildman–Crippen LogP) is 3.58. The van der Waals surface area contributed by atoms with E-state index in [0.29, 0.717) is 16.9 Å². The molecule has 0 bridgehead atoms. The van der Waals surface area contributed by atoms with E-state index < -0.39 is 10.2 Å². The summed E-state index contributed by atoms with van der Waals surface area (Å²) in [6, 6.07) is 16.9. The fourth-order valence-electron chi connectivity index (χ4n) is 4.75. The van der Waals surface area contributed by atoms with Crippen LogP contribution in [0.2, 0.25) is 0 Å². The molecule has 1 amide bonds. The molecule has 1 unspecified atom stereocenters. The van der Waals surface area contributed by atoms with E-state index >= 15 is 0 Å². The van der Waals surface area contributed by atoms with Gasteiger partial charge in [-0.25, -0.2) is 13.9 Å². The van der Waals surface area contributed by atoms with Crippen molar-refractivity contribution in [1.29, 1.82) is 0 Å². The normalized spacial score (nSPS) is 14.7. The van der Waals surface area contributed by atoms with Crippen LogP contribution in [-0.2, 0) is 10.2 Å². The molecule has 1 atom stereocenters. The van der Waals surface area contributed by atoms with Crippen LogP contribution < -0.4 is 5.32 Å². The number of hydrogen-bond acceptors (Lipinski definition) is 5. The van der Waals surface area contributed by atoms with Crippen molar-refractivity contribution in [2.45, 2.75) is 6.04 Å². The number of H-pyrrole nitrogens is 1. The molecular weight excluding hydrogens is 476 g/mol. The monoisotopic (exact) mass is 498 g/mol. The average molecular weight is 499 g/mol. The number of fused-ring (bicyclic) bond motifs is 4. The van der Waals surface area contributed by atoms with E-state index in [4.69, 9.17) is 0 Å². The molecule has 0 radical (unpaired) electrons. The lowest BCUT2D eigenvalue weighted by Gasteiger charge is -2.16. The number of pyridine rings is 1. The van der Waals surface area contributed by atoms with Crippen molar-refractivity contribution in [3.05, 3.63) is 96.2 Å². The zero-order valence-electron chi connectivity index (χ0n) is 19.5.